The van der Waals surface area contributed by atoms with Crippen LogP contribution in [0.3, 0.4) is 0 Å². The van der Waals surface area contributed by atoms with Crippen molar-refractivity contribution in [2.24, 2.45) is 0 Å². The van der Waals surface area contributed by atoms with Gasteiger partial charge in [-0.15, -0.1) is 0 Å². The minimum atomic E-state index is -3.43. The Morgan fingerprint density at radius 2 is 1.78 bits per heavy atom. The maximum absolute atomic E-state index is 12.8. The van der Waals surface area contributed by atoms with Crippen LogP contribution in [-0.2, 0) is 19.3 Å². The van der Waals surface area contributed by atoms with E-state index in [-0.39, 0.29) is 22.1 Å². The van der Waals surface area contributed by atoms with Crippen LogP contribution < -0.4 is 0 Å². The van der Waals surface area contributed by atoms with Crippen molar-refractivity contribution in [1.82, 2.24) is 4.90 Å². The summed E-state index contributed by atoms with van der Waals surface area (Å²) >= 11 is 0. The van der Waals surface area contributed by atoms with Gasteiger partial charge in [-0.1, -0.05) is 19.1 Å². The standard InChI is InChI=1S/C16H21NO5S/c1-2-23(19,20)14-6-4-3-5-13(14)15(18)17-9-7-16(8-10-17)21-11-12-22-16/h3-6H,2,7-12H2,1H3. The second-order valence-electron chi connectivity index (χ2n) is 5.80. The molecule has 3 rings (SSSR count). The highest BCUT2D eigenvalue weighted by atomic mass is 32.2. The zero-order valence-corrected chi connectivity index (χ0v) is 14.0. The molecule has 0 unspecified atom stereocenters. The number of hydrogen-bond acceptors (Lipinski definition) is 5. The minimum absolute atomic E-state index is 0.0257. The molecule has 1 aromatic carbocycles. The number of nitrogens with zero attached hydrogens (tertiary/aromatic N) is 1. The van der Waals surface area contributed by atoms with Gasteiger partial charge in [0, 0.05) is 25.9 Å². The molecule has 126 valence electrons. The van der Waals surface area contributed by atoms with E-state index in [0.29, 0.717) is 39.1 Å². The molecule has 2 aliphatic heterocycles. The first-order valence-electron chi connectivity index (χ1n) is 7.86. The molecule has 0 aromatic heterocycles. The van der Waals surface area contributed by atoms with Gasteiger partial charge in [0.05, 0.1) is 29.4 Å². The molecule has 2 fully saturated rings. The summed E-state index contributed by atoms with van der Waals surface area (Å²) in [6, 6.07) is 6.42. The molecule has 7 heteroatoms. The smallest absolute Gasteiger partial charge is 0.255 e. The van der Waals surface area contributed by atoms with Crippen molar-refractivity contribution in [3.63, 3.8) is 0 Å². The van der Waals surface area contributed by atoms with Crippen LogP contribution in [0, 0.1) is 0 Å². The molecule has 6 nitrogen and oxygen atoms in total. The second kappa shape index (κ2) is 6.22. The van der Waals surface area contributed by atoms with E-state index >= 15 is 0 Å². The first-order chi connectivity index (χ1) is 11.0. The Balaban J connectivity index is 1.80. The summed E-state index contributed by atoms with van der Waals surface area (Å²) in [7, 11) is -3.43. The van der Waals surface area contributed by atoms with Gasteiger partial charge in [0.2, 0.25) is 0 Å². The third-order valence-corrected chi connectivity index (χ3v) is 6.24. The zero-order valence-electron chi connectivity index (χ0n) is 13.2. The molecular formula is C16H21NO5S. The van der Waals surface area contributed by atoms with Crippen LogP contribution in [0.2, 0.25) is 0 Å². The monoisotopic (exact) mass is 339 g/mol. The normalized spacial score (nSPS) is 20.8. The number of ether oxygens (including phenoxy) is 2. The highest BCUT2D eigenvalue weighted by Crippen LogP contribution is 2.32. The lowest BCUT2D eigenvalue weighted by Gasteiger charge is -2.37. The Labute approximate surface area is 136 Å². The number of rotatable bonds is 3. The lowest BCUT2D eigenvalue weighted by molar-refractivity contribution is -0.181. The highest BCUT2D eigenvalue weighted by Gasteiger charge is 2.41. The van der Waals surface area contributed by atoms with Crippen molar-refractivity contribution in [2.45, 2.75) is 30.4 Å². The van der Waals surface area contributed by atoms with Crippen molar-refractivity contribution in [2.75, 3.05) is 32.1 Å². The molecule has 2 heterocycles. The van der Waals surface area contributed by atoms with Crippen LogP contribution in [0.5, 0.6) is 0 Å². The molecule has 0 radical (unpaired) electrons. The van der Waals surface area contributed by atoms with Crippen molar-refractivity contribution in [3.8, 4) is 0 Å². The zero-order chi connectivity index (χ0) is 16.5. The third-order valence-electron chi connectivity index (χ3n) is 4.46. The number of carbonyl (C=O) groups excluding carboxylic acids is 1. The van der Waals surface area contributed by atoms with Gasteiger partial charge >= 0.3 is 0 Å². The number of likely N-dealkylation sites (tertiary alicyclic amines) is 1. The first kappa shape index (κ1) is 16.4. The quantitative estimate of drug-likeness (QED) is 0.833. The van der Waals surface area contributed by atoms with Crippen molar-refractivity contribution in [3.05, 3.63) is 29.8 Å². The van der Waals surface area contributed by atoms with E-state index in [0.717, 1.165) is 0 Å². The van der Waals surface area contributed by atoms with E-state index in [1.807, 2.05) is 0 Å². The van der Waals surface area contributed by atoms with Crippen molar-refractivity contribution >= 4 is 15.7 Å². The SMILES string of the molecule is CCS(=O)(=O)c1ccccc1C(=O)N1CCC2(CC1)OCCO2. The summed E-state index contributed by atoms with van der Waals surface area (Å²) in [5.74, 6) is -0.820. The van der Waals surface area contributed by atoms with E-state index < -0.39 is 15.6 Å². The lowest BCUT2D eigenvalue weighted by atomic mass is 10.0. The molecule has 0 N–H and O–H groups in total. The molecule has 2 aliphatic rings. The van der Waals surface area contributed by atoms with E-state index in [2.05, 4.69) is 0 Å². The molecule has 1 spiro atoms. The number of piperidine rings is 1. The molecule has 0 atom stereocenters. The van der Waals surface area contributed by atoms with Crippen LogP contribution in [0.15, 0.2) is 29.2 Å². The summed E-state index contributed by atoms with van der Waals surface area (Å²) in [6.45, 7) is 3.76. The van der Waals surface area contributed by atoms with Gasteiger partial charge in [-0.25, -0.2) is 8.42 Å². The van der Waals surface area contributed by atoms with E-state index in [1.165, 1.54) is 6.07 Å². The van der Waals surface area contributed by atoms with Gasteiger partial charge in [0.1, 0.15) is 0 Å². The molecule has 2 saturated heterocycles. The molecule has 0 aliphatic carbocycles. The highest BCUT2D eigenvalue weighted by molar-refractivity contribution is 7.91. The average Bonchev–Trinajstić information content (AvgIpc) is 3.03. The predicted octanol–water partition coefficient (Wildman–Crippen LogP) is 1.46. The second-order valence-corrected chi connectivity index (χ2v) is 8.05. The van der Waals surface area contributed by atoms with Gasteiger partial charge < -0.3 is 14.4 Å². The summed E-state index contributed by atoms with van der Waals surface area (Å²) in [4.78, 5) is 14.6. The van der Waals surface area contributed by atoms with Crippen LogP contribution in [-0.4, -0.2) is 57.1 Å². The summed E-state index contributed by atoms with van der Waals surface area (Å²) in [5.41, 5.74) is 0.249. The number of sulfone groups is 1. The summed E-state index contributed by atoms with van der Waals surface area (Å²) in [5, 5.41) is 0. The molecule has 0 bridgehead atoms. The largest absolute Gasteiger partial charge is 0.347 e. The van der Waals surface area contributed by atoms with Gasteiger partial charge in [-0.2, -0.15) is 0 Å². The Bertz CT molecular complexity index is 684. The van der Waals surface area contributed by atoms with E-state index in [4.69, 9.17) is 9.47 Å². The van der Waals surface area contributed by atoms with Crippen molar-refractivity contribution < 1.29 is 22.7 Å². The fourth-order valence-electron chi connectivity index (χ4n) is 3.08. The third kappa shape index (κ3) is 3.13. The summed E-state index contributed by atoms with van der Waals surface area (Å²) in [6.07, 6.45) is 1.23. The van der Waals surface area contributed by atoms with E-state index in [1.54, 1.807) is 30.0 Å². The average molecular weight is 339 g/mol. The van der Waals surface area contributed by atoms with Gasteiger partial charge in [0.15, 0.2) is 15.6 Å². The van der Waals surface area contributed by atoms with E-state index in [9.17, 15) is 13.2 Å². The fourth-order valence-corrected chi connectivity index (χ4v) is 4.16. The first-order valence-corrected chi connectivity index (χ1v) is 9.52. The van der Waals surface area contributed by atoms with Crippen LogP contribution in [0.25, 0.3) is 0 Å². The lowest BCUT2D eigenvalue weighted by Crippen LogP contribution is -2.47. The Morgan fingerprint density at radius 3 is 2.39 bits per heavy atom. The molecule has 23 heavy (non-hydrogen) atoms. The van der Waals surface area contributed by atoms with Crippen LogP contribution in [0.1, 0.15) is 30.1 Å². The van der Waals surface area contributed by atoms with Crippen LogP contribution in [0.4, 0.5) is 0 Å². The van der Waals surface area contributed by atoms with Gasteiger partial charge in [0.25, 0.3) is 5.91 Å². The maximum Gasteiger partial charge on any atom is 0.255 e. The Morgan fingerprint density at radius 1 is 1.17 bits per heavy atom. The molecule has 1 aromatic rings. The summed E-state index contributed by atoms with van der Waals surface area (Å²) < 4.78 is 35.7. The minimum Gasteiger partial charge on any atom is -0.347 e. The number of benzene rings is 1. The number of carbonyl (C=O) groups is 1. The number of hydrogen-bond donors (Lipinski definition) is 0. The molecule has 0 saturated carbocycles. The van der Waals surface area contributed by atoms with Crippen LogP contribution >= 0.6 is 0 Å². The molecular weight excluding hydrogens is 318 g/mol. The molecule has 1 amide bonds. The predicted molar refractivity (Wildman–Crippen MR) is 83.9 cm³/mol. The van der Waals surface area contributed by atoms with Crippen molar-refractivity contribution in [1.29, 1.82) is 0 Å². The number of amides is 1. The maximum atomic E-state index is 12.8. The fraction of sp³-hybridized carbons (Fsp3) is 0.562. The van der Waals surface area contributed by atoms with Gasteiger partial charge in [-0.3, -0.25) is 4.79 Å². The Hall–Kier alpha value is -1.44. The Kier molecular flexibility index (Phi) is 4.44. The topological polar surface area (TPSA) is 72.9 Å². The van der Waals surface area contributed by atoms with Gasteiger partial charge in [-0.05, 0) is 12.1 Å².